The fraction of sp³-hybridized carbons (Fsp3) is 1.00. The molecule has 0 aliphatic heterocycles. The molecule has 0 fully saturated rings. The Hall–Kier alpha value is -0.0400. The summed E-state index contributed by atoms with van der Waals surface area (Å²) in [6.07, 6.45) is 8.25. The third-order valence-electron chi connectivity index (χ3n) is 2.07. The molecule has 0 saturated carbocycles. The summed E-state index contributed by atoms with van der Waals surface area (Å²) in [6, 6.07) is 0. The van der Waals surface area contributed by atoms with Crippen LogP contribution in [0.15, 0.2) is 0 Å². The highest BCUT2D eigenvalue weighted by Crippen LogP contribution is 2.07. The second-order valence-corrected chi connectivity index (χ2v) is 3.53. The summed E-state index contributed by atoms with van der Waals surface area (Å²) in [6.45, 7) is 7.51. The first kappa shape index (κ1) is 12.0. The van der Waals surface area contributed by atoms with E-state index in [1.54, 1.807) is 0 Å². The van der Waals surface area contributed by atoms with Gasteiger partial charge in [-0.15, -0.1) is 0 Å². The van der Waals surface area contributed by atoms with Crippen molar-refractivity contribution in [1.29, 1.82) is 0 Å². The van der Waals surface area contributed by atoms with Crippen LogP contribution < -0.4 is 0 Å². The molecule has 0 N–H and O–H groups in total. The highest BCUT2D eigenvalue weighted by atomic mass is 16.5. The van der Waals surface area contributed by atoms with E-state index in [1.165, 1.54) is 32.1 Å². The molecule has 0 aliphatic rings. The zero-order valence-electron chi connectivity index (χ0n) is 8.94. The molecule has 0 radical (unpaired) electrons. The first-order valence-electron chi connectivity index (χ1n) is 5.42. The average Bonchev–Trinajstić information content (AvgIpc) is 2.09. The van der Waals surface area contributed by atoms with Gasteiger partial charge in [0.15, 0.2) is 0 Å². The number of hydrogen-bond acceptors (Lipinski definition) is 1. The van der Waals surface area contributed by atoms with E-state index in [0.717, 1.165) is 13.0 Å². The second kappa shape index (κ2) is 9.05. The minimum absolute atomic E-state index is 0.474. The zero-order chi connectivity index (χ0) is 9.23. The highest BCUT2D eigenvalue weighted by Gasteiger charge is 1.99. The van der Waals surface area contributed by atoms with Crippen molar-refractivity contribution in [2.24, 2.45) is 0 Å². The van der Waals surface area contributed by atoms with E-state index >= 15 is 0 Å². The van der Waals surface area contributed by atoms with Gasteiger partial charge < -0.3 is 4.74 Å². The van der Waals surface area contributed by atoms with Crippen LogP contribution in [0.25, 0.3) is 0 Å². The largest absolute Gasteiger partial charge is 0.379 e. The summed E-state index contributed by atoms with van der Waals surface area (Å²) in [5.74, 6) is 0. The van der Waals surface area contributed by atoms with Gasteiger partial charge in [-0.1, -0.05) is 39.5 Å². The van der Waals surface area contributed by atoms with Crippen LogP contribution in [-0.4, -0.2) is 12.7 Å². The van der Waals surface area contributed by atoms with Gasteiger partial charge >= 0.3 is 0 Å². The Labute approximate surface area is 77.5 Å². The molecule has 0 heterocycles. The highest BCUT2D eigenvalue weighted by molar-refractivity contribution is 4.51. The van der Waals surface area contributed by atoms with Crippen LogP contribution in [0, 0.1) is 0 Å². The predicted molar refractivity (Wildman–Crippen MR) is 54.5 cm³/mol. The molecule has 1 atom stereocenters. The lowest BCUT2D eigenvalue weighted by Crippen LogP contribution is -2.08. The summed E-state index contributed by atoms with van der Waals surface area (Å²) in [4.78, 5) is 0. The van der Waals surface area contributed by atoms with E-state index in [1.807, 2.05) is 0 Å². The molecule has 0 unspecified atom stereocenters. The van der Waals surface area contributed by atoms with Crippen LogP contribution in [-0.2, 0) is 4.74 Å². The standard InChI is InChI=1S/C11H24O/c1-4-6-7-8-9-11(3)12-10-5-2/h11H,4-10H2,1-3H3/t11-/m1/s1. The average molecular weight is 172 g/mol. The molecule has 0 aliphatic carbocycles. The van der Waals surface area contributed by atoms with Crippen molar-refractivity contribution in [3.8, 4) is 0 Å². The van der Waals surface area contributed by atoms with Crippen LogP contribution >= 0.6 is 0 Å². The fourth-order valence-electron chi connectivity index (χ4n) is 1.26. The van der Waals surface area contributed by atoms with Crippen LogP contribution in [0.5, 0.6) is 0 Å². The number of unbranched alkanes of at least 4 members (excludes halogenated alkanes) is 3. The lowest BCUT2D eigenvalue weighted by atomic mass is 10.1. The van der Waals surface area contributed by atoms with Crippen molar-refractivity contribution >= 4 is 0 Å². The summed E-state index contributed by atoms with van der Waals surface area (Å²) >= 11 is 0. The number of rotatable bonds is 8. The SMILES string of the molecule is CCCCCC[C@@H](C)OCCC. The molecule has 1 nitrogen and oxygen atoms in total. The van der Waals surface area contributed by atoms with Gasteiger partial charge in [0, 0.05) is 6.61 Å². The number of ether oxygens (including phenoxy) is 1. The molecule has 0 rings (SSSR count). The summed E-state index contributed by atoms with van der Waals surface area (Å²) in [7, 11) is 0. The molecule has 0 saturated heterocycles. The normalized spacial score (nSPS) is 13.2. The Balaban J connectivity index is 3.02. The molecule has 12 heavy (non-hydrogen) atoms. The first-order valence-corrected chi connectivity index (χ1v) is 5.42. The molecule has 0 aromatic rings. The Kier molecular flexibility index (Phi) is 9.02. The lowest BCUT2D eigenvalue weighted by Gasteiger charge is -2.11. The van der Waals surface area contributed by atoms with E-state index in [-0.39, 0.29) is 0 Å². The quantitative estimate of drug-likeness (QED) is 0.506. The lowest BCUT2D eigenvalue weighted by molar-refractivity contribution is 0.0590. The minimum atomic E-state index is 0.474. The fourth-order valence-corrected chi connectivity index (χ4v) is 1.26. The van der Waals surface area contributed by atoms with Crippen LogP contribution in [0.2, 0.25) is 0 Å². The molecule has 0 amide bonds. The van der Waals surface area contributed by atoms with E-state index in [0.29, 0.717) is 6.10 Å². The van der Waals surface area contributed by atoms with E-state index < -0.39 is 0 Å². The third kappa shape index (κ3) is 8.06. The van der Waals surface area contributed by atoms with Crippen molar-refractivity contribution in [3.05, 3.63) is 0 Å². The van der Waals surface area contributed by atoms with Crippen molar-refractivity contribution in [2.45, 2.75) is 65.4 Å². The van der Waals surface area contributed by atoms with E-state index in [4.69, 9.17) is 4.74 Å². The predicted octanol–water partition coefficient (Wildman–Crippen LogP) is 3.77. The minimum Gasteiger partial charge on any atom is -0.379 e. The summed E-state index contributed by atoms with van der Waals surface area (Å²) < 4.78 is 5.57. The number of hydrogen-bond donors (Lipinski definition) is 0. The topological polar surface area (TPSA) is 9.23 Å². The van der Waals surface area contributed by atoms with Crippen molar-refractivity contribution < 1.29 is 4.74 Å². The summed E-state index contributed by atoms with van der Waals surface area (Å²) in [5, 5.41) is 0. The smallest absolute Gasteiger partial charge is 0.0547 e. The molecule has 0 aromatic heterocycles. The third-order valence-corrected chi connectivity index (χ3v) is 2.07. The molecule has 74 valence electrons. The van der Waals surface area contributed by atoms with Gasteiger partial charge in [0.2, 0.25) is 0 Å². The van der Waals surface area contributed by atoms with Gasteiger partial charge in [-0.25, -0.2) is 0 Å². The van der Waals surface area contributed by atoms with Gasteiger partial charge in [0.1, 0.15) is 0 Å². The van der Waals surface area contributed by atoms with Gasteiger partial charge in [-0.2, -0.15) is 0 Å². The monoisotopic (exact) mass is 172 g/mol. The van der Waals surface area contributed by atoms with Crippen molar-refractivity contribution in [1.82, 2.24) is 0 Å². The Morgan fingerprint density at radius 1 is 1.00 bits per heavy atom. The summed E-state index contributed by atoms with van der Waals surface area (Å²) in [5.41, 5.74) is 0. The molecule has 0 aromatic carbocycles. The van der Waals surface area contributed by atoms with Gasteiger partial charge in [-0.05, 0) is 19.8 Å². The maximum atomic E-state index is 5.57. The van der Waals surface area contributed by atoms with Crippen molar-refractivity contribution in [2.75, 3.05) is 6.61 Å². The Morgan fingerprint density at radius 2 is 1.75 bits per heavy atom. The van der Waals surface area contributed by atoms with Crippen LogP contribution in [0.1, 0.15) is 59.3 Å². The van der Waals surface area contributed by atoms with Gasteiger partial charge in [0.05, 0.1) is 6.10 Å². The van der Waals surface area contributed by atoms with E-state index in [9.17, 15) is 0 Å². The van der Waals surface area contributed by atoms with Crippen molar-refractivity contribution in [3.63, 3.8) is 0 Å². The molecular weight excluding hydrogens is 148 g/mol. The van der Waals surface area contributed by atoms with Gasteiger partial charge in [-0.3, -0.25) is 0 Å². The van der Waals surface area contributed by atoms with Crippen LogP contribution in [0.4, 0.5) is 0 Å². The van der Waals surface area contributed by atoms with Crippen LogP contribution in [0.3, 0.4) is 0 Å². The maximum absolute atomic E-state index is 5.57. The second-order valence-electron chi connectivity index (χ2n) is 3.53. The van der Waals surface area contributed by atoms with E-state index in [2.05, 4.69) is 20.8 Å². The zero-order valence-corrected chi connectivity index (χ0v) is 8.94. The van der Waals surface area contributed by atoms with Gasteiger partial charge in [0.25, 0.3) is 0 Å². The molecule has 0 spiro atoms. The Morgan fingerprint density at radius 3 is 2.33 bits per heavy atom. The molecule has 0 bridgehead atoms. The first-order chi connectivity index (χ1) is 5.81. The Bertz CT molecular complexity index is 81.1. The maximum Gasteiger partial charge on any atom is 0.0547 e. The molecular formula is C11H24O. The molecule has 1 heteroatoms.